The monoisotopic (exact) mass is 264 g/mol. The van der Waals surface area contributed by atoms with Crippen molar-refractivity contribution in [2.45, 2.75) is 6.18 Å². The van der Waals surface area contributed by atoms with Gasteiger partial charge in [-0.15, -0.1) is 0 Å². The fourth-order valence-electron chi connectivity index (χ4n) is 1.39. The number of hydrogen-bond donors (Lipinski definition) is 1. The molecule has 96 valence electrons. The Hall–Kier alpha value is -2.62. The van der Waals surface area contributed by atoms with Crippen molar-refractivity contribution in [2.24, 2.45) is 0 Å². The largest absolute Gasteiger partial charge is 0.416 e. The molecule has 2 rings (SSSR count). The van der Waals surface area contributed by atoms with Crippen molar-refractivity contribution in [1.82, 2.24) is 9.97 Å². The molecule has 0 bridgehead atoms. The Morgan fingerprint density at radius 3 is 2.42 bits per heavy atom. The minimum atomic E-state index is -4.37. The summed E-state index contributed by atoms with van der Waals surface area (Å²) in [6.45, 7) is 0. The number of rotatable bonds is 2. The predicted octanol–water partition coefficient (Wildman–Crippen LogP) is 3.11. The second-order valence-corrected chi connectivity index (χ2v) is 3.60. The molecule has 0 saturated heterocycles. The molecule has 0 aliphatic carbocycles. The Kier molecular flexibility index (Phi) is 3.33. The maximum atomic E-state index is 12.4. The summed E-state index contributed by atoms with van der Waals surface area (Å²) in [5.74, 6) is 0.247. The van der Waals surface area contributed by atoms with Crippen molar-refractivity contribution in [3.05, 3.63) is 47.9 Å². The average molecular weight is 264 g/mol. The molecule has 1 heterocycles. The molecule has 0 saturated carbocycles. The molecule has 4 nitrogen and oxygen atoms in total. The molecule has 1 aromatic carbocycles. The molecule has 0 fully saturated rings. The van der Waals surface area contributed by atoms with Gasteiger partial charge in [-0.1, -0.05) is 0 Å². The fraction of sp³-hybridized carbons (Fsp3) is 0.0833. The van der Waals surface area contributed by atoms with E-state index in [1.807, 2.05) is 6.07 Å². The third-order valence-electron chi connectivity index (χ3n) is 2.31. The first-order valence-electron chi connectivity index (χ1n) is 5.15. The fourth-order valence-corrected chi connectivity index (χ4v) is 1.39. The summed E-state index contributed by atoms with van der Waals surface area (Å²) in [4.78, 5) is 7.53. The van der Waals surface area contributed by atoms with Gasteiger partial charge in [-0.25, -0.2) is 9.97 Å². The Balaban J connectivity index is 2.23. The van der Waals surface area contributed by atoms with E-state index in [1.165, 1.54) is 24.7 Å². The number of anilines is 2. The normalized spacial score (nSPS) is 10.8. The lowest BCUT2D eigenvalue weighted by atomic mass is 10.2. The van der Waals surface area contributed by atoms with Gasteiger partial charge in [0.15, 0.2) is 5.82 Å². The average Bonchev–Trinajstić information content (AvgIpc) is 2.39. The lowest BCUT2D eigenvalue weighted by molar-refractivity contribution is -0.137. The summed E-state index contributed by atoms with van der Waals surface area (Å²) >= 11 is 0. The van der Waals surface area contributed by atoms with Gasteiger partial charge >= 0.3 is 6.18 Å². The van der Waals surface area contributed by atoms with E-state index in [2.05, 4.69) is 15.3 Å². The van der Waals surface area contributed by atoms with E-state index < -0.39 is 11.7 Å². The van der Waals surface area contributed by atoms with E-state index in [1.54, 1.807) is 0 Å². The van der Waals surface area contributed by atoms with Gasteiger partial charge in [0, 0.05) is 5.69 Å². The molecule has 1 N–H and O–H groups in total. The van der Waals surface area contributed by atoms with Crippen LogP contribution in [0.15, 0.2) is 36.8 Å². The quantitative estimate of drug-likeness (QED) is 0.905. The minimum Gasteiger partial charge on any atom is -0.339 e. The van der Waals surface area contributed by atoms with Crippen molar-refractivity contribution in [3.63, 3.8) is 0 Å². The standard InChI is InChI=1S/C12H7F3N4/c13-12(14,15)9-1-3-10(4-2-9)19-11-8(5-16)6-17-7-18-11/h1-4,6-7H,(H,17,18,19). The maximum absolute atomic E-state index is 12.4. The summed E-state index contributed by atoms with van der Waals surface area (Å²) in [5, 5.41) is 11.6. The van der Waals surface area contributed by atoms with E-state index in [9.17, 15) is 13.2 Å². The Bertz CT molecular complexity index is 614. The molecular weight excluding hydrogens is 257 g/mol. The van der Waals surface area contributed by atoms with Crippen LogP contribution in [0.25, 0.3) is 0 Å². The number of nitrogens with one attached hydrogen (secondary N) is 1. The Morgan fingerprint density at radius 2 is 1.84 bits per heavy atom. The number of halogens is 3. The third kappa shape index (κ3) is 2.98. The molecule has 0 atom stereocenters. The van der Waals surface area contributed by atoms with Gasteiger partial charge in [0.05, 0.1) is 11.8 Å². The van der Waals surface area contributed by atoms with E-state index >= 15 is 0 Å². The van der Waals surface area contributed by atoms with Crippen LogP contribution in [-0.4, -0.2) is 9.97 Å². The Labute approximate surface area is 106 Å². The molecule has 0 radical (unpaired) electrons. The Morgan fingerprint density at radius 1 is 1.16 bits per heavy atom. The van der Waals surface area contributed by atoms with Crippen LogP contribution < -0.4 is 5.32 Å². The topological polar surface area (TPSA) is 61.6 Å². The highest BCUT2D eigenvalue weighted by atomic mass is 19.4. The van der Waals surface area contributed by atoms with Crippen molar-refractivity contribution in [2.75, 3.05) is 5.32 Å². The van der Waals surface area contributed by atoms with Crippen molar-refractivity contribution in [1.29, 1.82) is 5.26 Å². The molecule has 2 aromatic rings. The molecule has 0 spiro atoms. The summed E-state index contributed by atoms with van der Waals surface area (Å²) in [5.41, 5.74) is -0.119. The van der Waals surface area contributed by atoms with Gasteiger partial charge in [-0.05, 0) is 24.3 Å². The lowest BCUT2D eigenvalue weighted by Gasteiger charge is -2.09. The number of hydrogen-bond acceptors (Lipinski definition) is 4. The molecule has 0 unspecified atom stereocenters. The second kappa shape index (κ2) is 4.94. The van der Waals surface area contributed by atoms with Crippen LogP contribution in [-0.2, 0) is 6.18 Å². The molecule has 19 heavy (non-hydrogen) atoms. The maximum Gasteiger partial charge on any atom is 0.416 e. The van der Waals surface area contributed by atoms with Gasteiger partial charge in [0.2, 0.25) is 0 Å². The number of alkyl halides is 3. The first kappa shape index (κ1) is 12.8. The SMILES string of the molecule is N#Cc1cncnc1Nc1ccc(C(F)(F)F)cc1. The van der Waals surface area contributed by atoms with Crippen LogP contribution in [0, 0.1) is 11.3 Å². The van der Waals surface area contributed by atoms with E-state index in [0.717, 1.165) is 12.1 Å². The van der Waals surface area contributed by atoms with E-state index in [4.69, 9.17) is 5.26 Å². The number of nitrogens with zero attached hydrogens (tertiary/aromatic N) is 3. The third-order valence-corrected chi connectivity index (χ3v) is 2.31. The van der Waals surface area contributed by atoms with Gasteiger partial charge in [0.25, 0.3) is 0 Å². The van der Waals surface area contributed by atoms with Crippen LogP contribution in [0.4, 0.5) is 24.7 Å². The van der Waals surface area contributed by atoms with Crippen LogP contribution >= 0.6 is 0 Å². The van der Waals surface area contributed by atoms with Crippen molar-refractivity contribution >= 4 is 11.5 Å². The smallest absolute Gasteiger partial charge is 0.339 e. The zero-order valence-corrected chi connectivity index (χ0v) is 9.44. The zero-order chi connectivity index (χ0) is 13.9. The molecule has 7 heteroatoms. The number of benzene rings is 1. The second-order valence-electron chi connectivity index (χ2n) is 3.60. The minimum absolute atomic E-state index is 0.211. The number of nitriles is 1. The predicted molar refractivity (Wildman–Crippen MR) is 61.5 cm³/mol. The van der Waals surface area contributed by atoms with Crippen LogP contribution in [0.2, 0.25) is 0 Å². The lowest BCUT2D eigenvalue weighted by Crippen LogP contribution is -2.04. The number of aromatic nitrogens is 2. The molecule has 0 aliphatic rings. The van der Waals surface area contributed by atoms with Crippen molar-refractivity contribution < 1.29 is 13.2 Å². The molecular formula is C12H7F3N4. The highest BCUT2D eigenvalue weighted by Gasteiger charge is 2.29. The summed E-state index contributed by atoms with van der Waals surface area (Å²) in [6, 6.07) is 6.33. The molecule has 0 aliphatic heterocycles. The highest BCUT2D eigenvalue weighted by molar-refractivity contribution is 5.61. The van der Waals surface area contributed by atoms with Crippen molar-refractivity contribution in [3.8, 4) is 6.07 Å². The highest BCUT2D eigenvalue weighted by Crippen LogP contribution is 2.30. The summed E-state index contributed by atoms with van der Waals surface area (Å²) in [6.07, 6.45) is -1.81. The van der Waals surface area contributed by atoms with Crippen LogP contribution in [0.1, 0.15) is 11.1 Å². The first-order chi connectivity index (χ1) is 9.00. The van der Waals surface area contributed by atoms with Crippen LogP contribution in [0.5, 0.6) is 0 Å². The van der Waals surface area contributed by atoms with Gasteiger partial charge in [0.1, 0.15) is 18.0 Å². The summed E-state index contributed by atoms with van der Waals surface area (Å²) < 4.78 is 37.1. The summed E-state index contributed by atoms with van der Waals surface area (Å²) in [7, 11) is 0. The zero-order valence-electron chi connectivity index (χ0n) is 9.44. The molecule has 0 amide bonds. The molecule has 1 aromatic heterocycles. The van der Waals surface area contributed by atoms with Crippen LogP contribution in [0.3, 0.4) is 0 Å². The van der Waals surface area contributed by atoms with E-state index in [0.29, 0.717) is 5.69 Å². The van der Waals surface area contributed by atoms with Gasteiger partial charge < -0.3 is 5.32 Å². The van der Waals surface area contributed by atoms with Gasteiger partial charge in [-0.2, -0.15) is 18.4 Å². The van der Waals surface area contributed by atoms with Gasteiger partial charge in [-0.3, -0.25) is 0 Å². The first-order valence-corrected chi connectivity index (χ1v) is 5.15. The van der Waals surface area contributed by atoms with E-state index in [-0.39, 0.29) is 11.4 Å².